The van der Waals surface area contributed by atoms with Crippen LogP contribution in [0.15, 0.2) is 12.4 Å². The summed E-state index contributed by atoms with van der Waals surface area (Å²) in [6, 6.07) is 2.08. The summed E-state index contributed by atoms with van der Waals surface area (Å²) < 4.78 is 10.5. The minimum absolute atomic E-state index is 0.208. The Morgan fingerprint density at radius 1 is 1.56 bits per heavy atom. The van der Waals surface area contributed by atoms with E-state index in [9.17, 15) is 0 Å². The van der Waals surface area contributed by atoms with Gasteiger partial charge in [0, 0.05) is 18.6 Å². The highest BCUT2D eigenvalue weighted by molar-refractivity contribution is 5.17. The van der Waals surface area contributed by atoms with Crippen molar-refractivity contribution in [3.63, 3.8) is 0 Å². The van der Waals surface area contributed by atoms with Gasteiger partial charge in [0.2, 0.25) is 5.88 Å². The van der Waals surface area contributed by atoms with Crippen molar-refractivity contribution in [2.24, 2.45) is 5.92 Å². The molecule has 0 amide bonds. The number of rotatable bonds is 4. The molecule has 0 radical (unpaired) electrons. The average molecular weight is 223 g/mol. The second-order valence-electron chi connectivity index (χ2n) is 3.88. The number of hydrogen-bond donors (Lipinski definition) is 1. The molecule has 1 aromatic heterocycles. The molecule has 88 valence electrons. The fourth-order valence-corrected chi connectivity index (χ4v) is 2.08. The fourth-order valence-electron chi connectivity index (χ4n) is 2.08. The topological polar surface area (TPSA) is 56.3 Å². The van der Waals surface area contributed by atoms with Gasteiger partial charge in [-0.3, -0.25) is 0 Å². The summed E-state index contributed by atoms with van der Waals surface area (Å²) in [7, 11) is 3.55. The van der Waals surface area contributed by atoms with Gasteiger partial charge in [-0.15, -0.1) is 0 Å². The highest BCUT2D eigenvalue weighted by atomic mass is 16.5. The van der Waals surface area contributed by atoms with Gasteiger partial charge >= 0.3 is 0 Å². The third-order valence-corrected chi connectivity index (χ3v) is 2.94. The van der Waals surface area contributed by atoms with E-state index in [1.165, 1.54) is 6.33 Å². The molecule has 0 aromatic carbocycles. The van der Waals surface area contributed by atoms with Crippen molar-refractivity contribution in [2.75, 3.05) is 27.4 Å². The van der Waals surface area contributed by atoms with Crippen LogP contribution in [0, 0.1) is 5.92 Å². The molecule has 5 nitrogen and oxygen atoms in total. The molecule has 1 fully saturated rings. The van der Waals surface area contributed by atoms with Crippen LogP contribution in [0.5, 0.6) is 5.88 Å². The van der Waals surface area contributed by atoms with Gasteiger partial charge in [0.25, 0.3) is 0 Å². The minimum Gasteiger partial charge on any atom is -0.481 e. The molecule has 1 aromatic rings. The lowest BCUT2D eigenvalue weighted by Gasteiger charge is -2.21. The Hall–Kier alpha value is -1.20. The minimum atomic E-state index is 0.208. The Morgan fingerprint density at radius 2 is 2.44 bits per heavy atom. The summed E-state index contributed by atoms with van der Waals surface area (Å²) in [5.74, 6) is 1.08. The molecular formula is C11H17N3O2. The Labute approximate surface area is 95.2 Å². The van der Waals surface area contributed by atoms with Crippen LogP contribution in [0.2, 0.25) is 0 Å². The zero-order valence-corrected chi connectivity index (χ0v) is 9.64. The third kappa shape index (κ3) is 2.31. The highest BCUT2D eigenvalue weighted by Gasteiger charge is 2.27. The smallest absolute Gasteiger partial charge is 0.216 e. The van der Waals surface area contributed by atoms with Crippen LogP contribution in [0.1, 0.15) is 18.2 Å². The van der Waals surface area contributed by atoms with E-state index in [4.69, 9.17) is 9.47 Å². The van der Waals surface area contributed by atoms with Crippen LogP contribution in [-0.2, 0) is 4.74 Å². The van der Waals surface area contributed by atoms with Gasteiger partial charge in [0.1, 0.15) is 6.33 Å². The van der Waals surface area contributed by atoms with Gasteiger partial charge in [-0.2, -0.15) is 0 Å². The van der Waals surface area contributed by atoms with E-state index in [1.54, 1.807) is 7.11 Å². The van der Waals surface area contributed by atoms with Gasteiger partial charge in [-0.1, -0.05) is 0 Å². The van der Waals surface area contributed by atoms with Gasteiger partial charge in [-0.25, -0.2) is 9.97 Å². The molecule has 0 spiro atoms. The zero-order valence-electron chi connectivity index (χ0n) is 9.64. The Bertz CT molecular complexity index is 340. The summed E-state index contributed by atoms with van der Waals surface area (Å²) in [4.78, 5) is 8.30. The van der Waals surface area contributed by atoms with Gasteiger partial charge in [0.15, 0.2) is 0 Å². The van der Waals surface area contributed by atoms with E-state index >= 15 is 0 Å². The molecule has 2 rings (SSSR count). The van der Waals surface area contributed by atoms with Crippen molar-refractivity contribution in [1.29, 1.82) is 0 Å². The lowest BCUT2D eigenvalue weighted by molar-refractivity contribution is 0.177. The molecule has 2 heterocycles. The molecule has 1 saturated heterocycles. The fraction of sp³-hybridized carbons (Fsp3) is 0.636. The maximum atomic E-state index is 5.40. The van der Waals surface area contributed by atoms with E-state index in [-0.39, 0.29) is 6.04 Å². The number of nitrogens with zero attached hydrogens (tertiary/aromatic N) is 2. The van der Waals surface area contributed by atoms with Gasteiger partial charge < -0.3 is 14.8 Å². The van der Waals surface area contributed by atoms with Crippen molar-refractivity contribution in [3.05, 3.63) is 18.1 Å². The van der Waals surface area contributed by atoms with Crippen LogP contribution >= 0.6 is 0 Å². The van der Waals surface area contributed by atoms with E-state index in [0.29, 0.717) is 11.8 Å². The number of hydrogen-bond acceptors (Lipinski definition) is 5. The molecule has 0 aliphatic carbocycles. The molecule has 1 aliphatic rings. The molecule has 2 unspecified atom stereocenters. The first-order valence-electron chi connectivity index (χ1n) is 5.46. The summed E-state index contributed by atoms with van der Waals surface area (Å²) in [6.07, 6.45) is 2.60. The van der Waals surface area contributed by atoms with Gasteiger partial charge in [0.05, 0.1) is 25.5 Å². The predicted octanol–water partition coefficient (Wildman–Crippen LogP) is 0.782. The SMILES string of the molecule is CNC(c1cc(OC)ncn1)C1CCOC1. The molecular weight excluding hydrogens is 206 g/mol. The molecule has 0 bridgehead atoms. The molecule has 16 heavy (non-hydrogen) atoms. The van der Waals surface area contributed by atoms with E-state index < -0.39 is 0 Å². The monoisotopic (exact) mass is 223 g/mol. The maximum absolute atomic E-state index is 5.40. The first-order valence-corrected chi connectivity index (χ1v) is 5.46. The molecule has 5 heteroatoms. The van der Waals surface area contributed by atoms with Crippen molar-refractivity contribution in [3.8, 4) is 5.88 Å². The van der Waals surface area contributed by atoms with Crippen LogP contribution in [0.3, 0.4) is 0 Å². The zero-order chi connectivity index (χ0) is 11.4. The van der Waals surface area contributed by atoms with E-state index in [1.807, 2.05) is 13.1 Å². The molecule has 0 saturated carbocycles. The van der Waals surface area contributed by atoms with Crippen molar-refractivity contribution in [1.82, 2.24) is 15.3 Å². The second-order valence-corrected chi connectivity index (χ2v) is 3.88. The van der Waals surface area contributed by atoms with Crippen LogP contribution in [0.25, 0.3) is 0 Å². The van der Waals surface area contributed by atoms with Crippen molar-refractivity contribution < 1.29 is 9.47 Å². The lowest BCUT2D eigenvalue weighted by atomic mass is 9.96. The first-order chi connectivity index (χ1) is 7.85. The third-order valence-electron chi connectivity index (χ3n) is 2.94. The quantitative estimate of drug-likeness (QED) is 0.817. The summed E-state index contributed by atoms with van der Waals surface area (Å²) in [5.41, 5.74) is 0.963. The lowest BCUT2D eigenvalue weighted by Crippen LogP contribution is -2.26. The molecule has 1 N–H and O–H groups in total. The van der Waals surface area contributed by atoms with Crippen molar-refractivity contribution >= 4 is 0 Å². The Morgan fingerprint density at radius 3 is 3.06 bits per heavy atom. The van der Waals surface area contributed by atoms with E-state index in [2.05, 4.69) is 15.3 Å². The maximum Gasteiger partial charge on any atom is 0.216 e. The van der Waals surface area contributed by atoms with Crippen LogP contribution in [0.4, 0.5) is 0 Å². The summed E-state index contributed by atoms with van der Waals surface area (Å²) in [5, 5.41) is 3.29. The summed E-state index contributed by atoms with van der Waals surface area (Å²) in [6.45, 7) is 1.63. The Balaban J connectivity index is 2.18. The van der Waals surface area contributed by atoms with E-state index in [0.717, 1.165) is 25.3 Å². The first kappa shape index (κ1) is 11.3. The summed E-state index contributed by atoms with van der Waals surface area (Å²) >= 11 is 0. The molecule has 2 atom stereocenters. The standard InChI is InChI=1S/C11H17N3O2/c1-12-11(8-3-4-16-6-8)9-5-10(15-2)14-7-13-9/h5,7-8,11-12H,3-4,6H2,1-2H3. The number of nitrogens with one attached hydrogen (secondary N) is 1. The number of methoxy groups -OCH3 is 1. The van der Waals surface area contributed by atoms with Gasteiger partial charge in [-0.05, 0) is 13.5 Å². The van der Waals surface area contributed by atoms with Crippen LogP contribution in [-0.4, -0.2) is 37.3 Å². The number of aromatic nitrogens is 2. The Kier molecular flexibility index (Phi) is 3.69. The largest absolute Gasteiger partial charge is 0.481 e. The molecule has 1 aliphatic heterocycles. The normalized spacial score (nSPS) is 22.0. The number of ether oxygens (including phenoxy) is 2. The van der Waals surface area contributed by atoms with Crippen LogP contribution < -0.4 is 10.1 Å². The average Bonchev–Trinajstić information content (AvgIpc) is 2.84. The highest BCUT2D eigenvalue weighted by Crippen LogP contribution is 2.28. The predicted molar refractivity (Wildman–Crippen MR) is 59.3 cm³/mol. The van der Waals surface area contributed by atoms with Crippen molar-refractivity contribution in [2.45, 2.75) is 12.5 Å². The second kappa shape index (κ2) is 5.23.